The highest BCUT2D eigenvalue weighted by Crippen LogP contribution is 2.15. The summed E-state index contributed by atoms with van der Waals surface area (Å²) >= 11 is 0. The second kappa shape index (κ2) is 11.5. The van der Waals surface area contributed by atoms with Crippen LogP contribution in [0.15, 0.2) is 48.5 Å². The van der Waals surface area contributed by atoms with Gasteiger partial charge in [0, 0.05) is 25.6 Å². The van der Waals surface area contributed by atoms with Crippen LogP contribution in [0.2, 0.25) is 0 Å². The molecule has 1 heterocycles. The summed E-state index contributed by atoms with van der Waals surface area (Å²) in [5.41, 5.74) is 3.69. The van der Waals surface area contributed by atoms with E-state index in [1.54, 1.807) is 0 Å². The summed E-state index contributed by atoms with van der Waals surface area (Å²) in [6.45, 7) is 5.58. The van der Waals surface area contributed by atoms with E-state index in [9.17, 15) is 9.59 Å². The van der Waals surface area contributed by atoms with Crippen molar-refractivity contribution in [3.8, 4) is 5.75 Å². The molecule has 1 aliphatic heterocycles. The smallest absolute Gasteiger partial charge is 0.260 e. The number of rotatable bonds is 9. The number of carbonyl (C=O) groups is 2. The van der Waals surface area contributed by atoms with Crippen LogP contribution in [0, 0.1) is 6.92 Å². The van der Waals surface area contributed by atoms with Crippen LogP contribution in [0.5, 0.6) is 5.75 Å². The van der Waals surface area contributed by atoms with Crippen molar-refractivity contribution in [1.82, 2.24) is 10.2 Å². The van der Waals surface area contributed by atoms with Crippen molar-refractivity contribution >= 4 is 11.8 Å². The van der Waals surface area contributed by atoms with Crippen LogP contribution in [0.25, 0.3) is 0 Å². The van der Waals surface area contributed by atoms with Gasteiger partial charge in [-0.15, -0.1) is 0 Å². The van der Waals surface area contributed by atoms with Gasteiger partial charge in [0.2, 0.25) is 5.91 Å². The normalized spacial score (nSPS) is 14.3. The molecule has 5 nitrogen and oxygen atoms in total. The number of aryl methyl sites for hydroxylation is 3. The zero-order valence-corrected chi connectivity index (χ0v) is 18.7. The minimum atomic E-state index is 0.00165. The zero-order chi connectivity index (χ0) is 22.1. The average Bonchev–Trinajstić information content (AvgIpc) is 2.79. The van der Waals surface area contributed by atoms with Gasteiger partial charge in [0.15, 0.2) is 6.61 Å². The van der Waals surface area contributed by atoms with Crippen LogP contribution >= 0.6 is 0 Å². The number of likely N-dealkylation sites (tertiary alicyclic amines) is 1. The van der Waals surface area contributed by atoms with Crippen molar-refractivity contribution in [2.45, 2.75) is 58.4 Å². The fraction of sp³-hybridized carbons (Fsp3) is 0.462. The maximum absolute atomic E-state index is 12.5. The molecule has 5 heteroatoms. The van der Waals surface area contributed by atoms with Crippen molar-refractivity contribution < 1.29 is 14.3 Å². The summed E-state index contributed by atoms with van der Waals surface area (Å²) in [6.07, 6.45) is 4.98. The Morgan fingerprint density at radius 1 is 0.968 bits per heavy atom. The summed E-state index contributed by atoms with van der Waals surface area (Å²) in [5.74, 6) is 0.811. The third-order valence-electron chi connectivity index (χ3n) is 5.80. The molecule has 1 fully saturated rings. The third kappa shape index (κ3) is 7.42. The molecule has 0 unspecified atom stereocenters. The Kier molecular flexibility index (Phi) is 8.51. The Morgan fingerprint density at radius 3 is 2.23 bits per heavy atom. The second-order valence-corrected chi connectivity index (χ2v) is 8.39. The highest BCUT2D eigenvalue weighted by Gasteiger charge is 2.24. The van der Waals surface area contributed by atoms with Crippen molar-refractivity contribution in [3.63, 3.8) is 0 Å². The number of hydrogen-bond acceptors (Lipinski definition) is 3. The van der Waals surface area contributed by atoms with Gasteiger partial charge in [-0.3, -0.25) is 9.59 Å². The molecule has 0 aliphatic carbocycles. The first kappa shape index (κ1) is 22.9. The predicted molar refractivity (Wildman–Crippen MR) is 123 cm³/mol. The SMILES string of the molecule is CCCc1ccc(OCC(=O)N2CCC(NC(=O)CCc3ccc(C)cc3)CC2)cc1. The summed E-state index contributed by atoms with van der Waals surface area (Å²) in [5, 5.41) is 3.13. The number of hydrogen-bond donors (Lipinski definition) is 1. The first-order valence-electron chi connectivity index (χ1n) is 11.4. The first-order chi connectivity index (χ1) is 15.0. The Morgan fingerprint density at radius 2 is 1.58 bits per heavy atom. The molecule has 3 rings (SSSR count). The van der Waals surface area contributed by atoms with Gasteiger partial charge >= 0.3 is 0 Å². The van der Waals surface area contributed by atoms with Crippen molar-refractivity contribution in [3.05, 3.63) is 65.2 Å². The molecule has 0 radical (unpaired) electrons. The molecule has 0 aromatic heterocycles. The lowest BCUT2D eigenvalue weighted by Crippen LogP contribution is -2.47. The highest BCUT2D eigenvalue weighted by atomic mass is 16.5. The van der Waals surface area contributed by atoms with E-state index in [1.807, 2.05) is 17.0 Å². The molecule has 0 spiro atoms. The zero-order valence-electron chi connectivity index (χ0n) is 18.7. The Hall–Kier alpha value is -2.82. The van der Waals surface area contributed by atoms with Gasteiger partial charge in [-0.25, -0.2) is 0 Å². The van der Waals surface area contributed by atoms with Crippen LogP contribution in [-0.2, 0) is 22.4 Å². The molecule has 2 aromatic rings. The van der Waals surface area contributed by atoms with E-state index in [0.29, 0.717) is 19.5 Å². The van der Waals surface area contributed by atoms with Gasteiger partial charge in [0.25, 0.3) is 5.91 Å². The molecule has 166 valence electrons. The van der Waals surface area contributed by atoms with E-state index in [4.69, 9.17) is 4.74 Å². The van der Waals surface area contributed by atoms with Gasteiger partial charge in [-0.1, -0.05) is 55.3 Å². The Balaban J connectivity index is 1.34. The Bertz CT molecular complexity index is 838. The standard InChI is InChI=1S/C26H34N2O3/c1-3-4-21-9-12-24(13-10-21)31-19-26(30)28-17-15-23(16-18-28)27-25(29)14-11-22-7-5-20(2)6-8-22/h5-10,12-13,23H,3-4,11,14-19H2,1-2H3,(H,27,29). The van der Waals surface area contributed by atoms with Crippen LogP contribution in [0.3, 0.4) is 0 Å². The molecule has 1 aliphatic rings. The molecule has 2 amide bonds. The topological polar surface area (TPSA) is 58.6 Å². The molecule has 2 aromatic carbocycles. The monoisotopic (exact) mass is 422 g/mol. The van der Waals surface area contributed by atoms with Crippen molar-refractivity contribution in [2.24, 2.45) is 0 Å². The number of carbonyl (C=O) groups excluding carboxylic acids is 2. The van der Waals surface area contributed by atoms with Crippen molar-refractivity contribution in [2.75, 3.05) is 19.7 Å². The number of amides is 2. The van der Waals surface area contributed by atoms with Crippen LogP contribution < -0.4 is 10.1 Å². The number of nitrogens with one attached hydrogen (secondary N) is 1. The molecular weight excluding hydrogens is 388 g/mol. The molecule has 1 saturated heterocycles. The third-order valence-corrected chi connectivity index (χ3v) is 5.80. The second-order valence-electron chi connectivity index (χ2n) is 8.39. The van der Waals surface area contributed by atoms with Gasteiger partial charge < -0.3 is 15.0 Å². The minimum Gasteiger partial charge on any atom is -0.484 e. The van der Waals surface area contributed by atoms with Gasteiger partial charge in [-0.2, -0.15) is 0 Å². The number of benzene rings is 2. The van der Waals surface area contributed by atoms with E-state index in [1.165, 1.54) is 16.7 Å². The van der Waals surface area contributed by atoms with Gasteiger partial charge in [0.05, 0.1) is 0 Å². The first-order valence-corrected chi connectivity index (χ1v) is 11.4. The van der Waals surface area contributed by atoms with Gasteiger partial charge in [0.1, 0.15) is 5.75 Å². The van der Waals surface area contributed by atoms with Crippen molar-refractivity contribution in [1.29, 1.82) is 0 Å². The lowest BCUT2D eigenvalue weighted by atomic mass is 10.0. The van der Waals surface area contributed by atoms with E-state index in [2.05, 4.69) is 55.6 Å². The van der Waals surface area contributed by atoms with Crippen LogP contribution in [-0.4, -0.2) is 42.5 Å². The molecule has 0 saturated carbocycles. The highest BCUT2D eigenvalue weighted by molar-refractivity contribution is 5.78. The fourth-order valence-corrected chi connectivity index (χ4v) is 3.86. The Labute approximate surface area is 185 Å². The molecule has 31 heavy (non-hydrogen) atoms. The average molecular weight is 423 g/mol. The van der Waals surface area contributed by atoms with E-state index in [-0.39, 0.29) is 24.5 Å². The van der Waals surface area contributed by atoms with E-state index in [0.717, 1.165) is 37.9 Å². The van der Waals surface area contributed by atoms with E-state index < -0.39 is 0 Å². The lowest BCUT2D eigenvalue weighted by Gasteiger charge is -2.32. The maximum Gasteiger partial charge on any atom is 0.260 e. The molecule has 0 atom stereocenters. The summed E-state index contributed by atoms with van der Waals surface area (Å²) < 4.78 is 5.67. The fourth-order valence-electron chi connectivity index (χ4n) is 3.86. The number of piperidine rings is 1. The van der Waals surface area contributed by atoms with E-state index >= 15 is 0 Å². The molecule has 1 N–H and O–H groups in total. The quantitative estimate of drug-likeness (QED) is 0.663. The lowest BCUT2D eigenvalue weighted by molar-refractivity contribution is -0.134. The summed E-state index contributed by atoms with van der Waals surface area (Å²) in [4.78, 5) is 26.6. The summed E-state index contributed by atoms with van der Waals surface area (Å²) in [6, 6.07) is 16.4. The number of ether oxygens (including phenoxy) is 1. The maximum atomic E-state index is 12.5. The minimum absolute atomic E-state index is 0.00165. The molecular formula is C26H34N2O3. The predicted octanol–water partition coefficient (Wildman–Crippen LogP) is 4.07. The largest absolute Gasteiger partial charge is 0.484 e. The summed E-state index contributed by atoms with van der Waals surface area (Å²) in [7, 11) is 0. The van der Waals surface area contributed by atoms with Crippen LogP contribution in [0.4, 0.5) is 0 Å². The van der Waals surface area contributed by atoms with Crippen LogP contribution in [0.1, 0.15) is 49.3 Å². The number of nitrogens with zero attached hydrogens (tertiary/aromatic N) is 1. The van der Waals surface area contributed by atoms with Gasteiger partial charge in [-0.05, 0) is 55.9 Å². The molecule has 0 bridgehead atoms.